The highest BCUT2D eigenvalue weighted by Gasteiger charge is 2.15. The van der Waals surface area contributed by atoms with Crippen LogP contribution in [-0.2, 0) is 6.61 Å². The maximum absolute atomic E-state index is 10.9. The molecule has 0 bridgehead atoms. The predicted octanol–water partition coefficient (Wildman–Crippen LogP) is 4.20. The van der Waals surface area contributed by atoms with Crippen LogP contribution in [0.25, 0.3) is 0 Å². The Hall–Kier alpha value is -1.59. The van der Waals surface area contributed by atoms with Gasteiger partial charge in [0.2, 0.25) is 0 Å². The van der Waals surface area contributed by atoms with Crippen molar-refractivity contribution < 1.29 is 9.66 Å². The molecule has 94 valence electrons. The number of halogens is 1. The third kappa shape index (κ3) is 3.00. The van der Waals surface area contributed by atoms with Crippen molar-refractivity contribution >= 4 is 28.6 Å². The Morgan fingerprint density at radius 2 is 2.17 bits per heavy atom. The number of thiophene rings is 1. The molecule has 0 atom stereocenters. The second kappa shape index (κ2) is 5.37. The van der Waals surface area contributed by atoms with E-state index in [2.05, 4.69) is 0 Å². The molecule has 0 spiro atoms. The van der Waals surface area contributed by atoms with Crippen molar-refractivity contribution in [1.29, 1.82) is 0 Å². The SMILES string of the molecule is Cc1ccc([N+](=O)[O-])c(OCc2ccc(Cl)s2)c1. The zero-order chi connectivity index (χ0) is 13.1. The van der Waals surface area contributed by atoms with Gasteiger partial charge in [-0.25, -0.2) is 0 Å². The third-order valence-corrected chi connectivity index (χ3v) is 3.52. The summed E-state index contributed by atoms with van der Waals surface area (Å²) >= 11 is 7.20. The number of hydrogen-bond acceptors (Lipinski definition) is 4. The van der Waals surface area contributed by atoms with Gasteiger partial charge in [-0.15, -0.1) is 11.3 Å². The minimum Gasteiger partial charge on any atom is -0.481 e. The summed E-state index contributed by atoms with van der Waals surface area (Å²) in [6.07, 6.45) is 0. The van der Waals surface area contributed by atoms with Gasteiger partial charge in [-0.1, -0.05) is 17.7 Å². The summed E-state index contributed by atoms with van der Waals surface area (Å²) in [4.78, 5) is 11.3. The van der Waals surface area contributed by atoms with E-state index in [4.69, 9.17) is 16.3 Å². The van der Waals surface area contributed by atoms with E-state index in [9.17, 15) is 10.1 Å². The van der Waals surface area contributed by atoms with Crippen LogP contribution in [0.4, 0.5) is 5.69 Å². The topological polar surface area (TPSA) is 52.4 Å². The summed E-state index contributed by atoms with van der Waals surface area (Å²) in [6.45, 7) is 2.14. The molecule has 1 aromatic heterocycles. The van der Waals surface area contributed by atoms with Crippen LogP contribution in [0.15, 0.2) is 30.3 Å². The number of nitro benzene ring substituents is 1. The fourth-order valence-corrected chi connectivity index (χ4v) is 2.47. The van der Waals surface area contributed by atoms with Crippen molar-refractivity contribution in [2.24, 2.45) is 0 Å². The summed E-state index contributed by atoms with van der Waals surface area (Å²) in [5, 5.41) is 10.9. The molecule has 0 saturated heterocycles. The van der Waals surface area contributed by atoms with Crippen LogP contribution in [0.3, 0.4) is 0 Å². The first-order valence-electron chi connectivity index (χ1n) is 5.18. The molecule has 18 heavy (non-hydrogen) atoms. The molecular formula is C12H10ClNO3S. The normalized spacial score (nSPS) is 10.3. The molecule has 0 amide bonds. The van der Waals surface area contributed by atoms with Crippen LogP contribution in [0, 0.1) is 17.0 Å². The van der Waals surface area contributed by atoms with E-state index >= 15 is 0 Å². The zero-order valence-corrected chi connectivity index (χ0v) is 11.1. The molecule has 1 aromatic carbocycles. The second-order valence-corrected chi connectivity index (χ2v) is 5.52. The number of nitro groups is 1. The van der Waals surface area contributed by atoms with E-state index in [-0.39, 0.29) is 18.0 Å². The fourth-order valence-electron chi connectivity index (χ4n) is 1.47. The smallest absolute Gasteiger partial charge is 0.310 e. The Balaban J connectivity index is 2.17. The summed E-state index contributed by atoms with van der Waals surface area (Å²) < 4.78 is 6.16. The molecule has 0 aliphatic rings. The molecule has 0 saturated carbocycles. The minimum atomic E-state index is -0.448. The minimum absolute atomic E-state index is 0.0248. The Bertz CT molecular complexity index is 582. The molecule has 6 heteroatoms. The molecule has 2 aromatic rings. The van der Waals surface area contributed by atoms with E-state index < -0.39 is 4.92 Å². The first-order chi connectivity index (χ1) is 8.56. The number of rotatable bonds is 4. The van der Waals surface area contributed by atoms with Crippen molar-refractivity contribution in [2.75, 3.05) is 0 Å². The Labute approximate surface area is 113 Å². The highest BCUT2D eigenvalue weighted by molar-refractivity contribution is 7.16. The number of hydrogen-bond donors (Lipinski definition) is 0. The quantitative estimate of drug-likeness (QED) is 0.624. The van der Waals surface area contributed by atoms with E-state index in [0.29, 0.717) is 4.34 Å². The lowest BCUT2D eigenvalue weighted by molar-refractivity contribution is -0.385. The number of benzene rings is 1. The van der Waals surface area contributed by atoms with Crippen LogP contribution >= 0.6 is 22.9 Å². The Kier molecular flexibility index (Phi) is 3.84. The summed E-state index contributed by atoms with van der Waals surface area (Å²) in [6, 6.07) is 8.41. The third-order valence-electron chi connectivity index (χ3n) is 2.31. The Morgan fingerprint density at radius 3 is 2.78 bits per heavy atom. The highest BCUT2D eigenvalue weighted by Crippen LogP contribution is 2.29. The molecule has 0 N–H and O–H groups in total. The first-order valence-corrected chi connectivity index (χ1v) is 6.38. The van der Waals surface area contributed by atoms with E-state index in [1.165, 1.54) is 17.4 Å². The van der Waals surface area contributed by atoms with Crippen LogP contribution < -0.4 is 4.74 Å². The lowest BCUT2D eigenvalue weighted by Crippen LogP contribution is -1.98. The maximum Gasteiger partial charge on any atom is 0.310 e. The Morgan fingerprint density at radius 1 is 1.39 bits per heavy atom. The van der Waals surface area contributed by atoms with Crippen LogP contribution in [-0.4, -0.2) is 4.92 Å². The molecule has 4 nitrogen and oxygen atoms in total. The van der Waals surface area contributed by atoms with Crippen molar-refractivity contribution in [2.45, 2.75) is 13.5 Å². The monoisotopic (exact) mass is 283 g/mol. The molecule has 0 unspecified atom stereocenters. The molecule has 0 fully saturated rings. The van der Waals surface area contributed by atoms with Crippen molar-refractivity contribution in [3.63, 3.8) is 0 Å². The molecule has 2 rings (SSSR count). The number of ether oxygens (including phenoxy) is 1. The molecule has 0 radical (unpaired) electrons. The van der Waals surface area contributed by atoms with Crippen LogP contribution in [0.2, 0.25) is 4.34 Å². The number of aryl methyl sites for hydroxylation is 1. The summed E-state index contributed by atoms with van der Waals surface area (Å²) in [5.74, 6) is 0.282. The van der Waals surface area contributed by atoms with Gasteiger partial charge in [-0.05, 0) is 30.7 Å². The maximum atomic E-state index is 10.9. The van der Waals surface area contributed by atoms with Crippen LogP contribution in [0.5, 0.6) is 5.75 Å². The van der Waals surface area contributed by atoms with Crippen LogP contribution in [0.1, 0.15) is 10.4 Å². The van der Waals surface area contributed by atoms with E-state index in [1.54, 1.807) is 18.2 Å². The lowest BCUT2D eigenvalue weighted by atomic mass is 10.2. The predicted molar refractivity (Wildman–Crippen MR) is 71.5 cm³/mol. The van der Waals surface area contributed by atoms with Gasteiger partial charge in [0, 0.05) is 10.9 Å². The molecule has 0 aliphatic heterocycles. The van der Waals surface area contributed by atoms with Gasteiger partial charge in [0.05, 0.1) is 9.26 Å². The average molecular weight is 284 g/mol. The van der Waals surface area contributed by atoms with E-state index in [0.717, 1.165) is 10.4 Å². The molecular weight excluding hydrogens is 274 g/mol. The average Bonchev–Trinajstić information content (AvgIpc) is 2.72. The number of nitrogens with zero attached hydrogens (tertiary/aromatic N) is 1. The first kappa shape index (κ1) is 12.9. The van der Waals surface area contributed by atoms with Gasteiger partial charge in [-0.3, -0.25) is 10.1 Å². The summed E-state index contributed by atoms with van der Waals surface area (Å²) in [5.41, 5.74) is 0.892. The molecule has 1 heterocycles. The molecule has 0 aliphatic carbocycles. The van der Waals surface area contributed by atoms with E-state index in [1.807, 2.05) is 13.0 Å². The van der Waals surface area contributed by atoms with Gasteiger partial charge in [-0.2, -0.15) is 0 Å². The van der Waals surface area contributed by atoms with Crippen molar-refractivity contribution in [1.82, 2.24) is 0 Å². The highest BCUT2D eigenvalue weighted by atomic mass is 35.5. The van der Waals surface area contributed by atoms with Gasteiger partial charge in [0.25, 0.3) is 0 Å². The van der Waals surface area contributed by atoms with Gasteiger partial charge in [0.1, 0.15) is 6.61 Å². The zero-order valence-electron chi connectivity index (χ0n) is 9.55. The largest absolute Gasteiger partial charge is 0.481 e. The lowest BCUT2D eigenvalue weighted by Gasteiger charge is -2.06. The standard InChI is InChI=1S/C12H10ClNO3S/c1-8-2-4-10(14(15)16)11(6-8)17-7-9-3-5-12(13)18-9/h2-6H,7H2,1H3. The van der Waals surface area contributed by atoms with Gasteiger partial charge < -0.3 is 4.74 Å². The van der Waals surface area contributed by atoms with Crippen molar-refractivity contribution in [3.8, 4) is 5.75 Å². The summed E-state index contributed by atoms with van der Waals surface area (Å²) in [7, 11) is 0. The van der Waals surface area contributed by atoms with Crippen molar-refractivity contribution in [3.05, 3.63) is 55.2 Å². The fraction of sp³-hybridized carbons (Fsp3) is 0.167. The van der Waals surface area contributed by atoms with Gasteiger partial charge in [0.15, 0.2) is 5.75 Å². The second-order valence-electron chi connectivity index (χ2n) is 3.72. The van der Waals surface area contributed by atoms with Gasteiger partial charge >= 0.3 is 5.69 Å².